The summed E-state index contributed by atoms with van der Waals surface area (Å²) >= 11 is 0. The number of nitrogens with zero attached hydrogens (tertiary/aromatic N) is 2. The van der Waals surface area contributed by atoms with Crippen molar-refractivity contribution in [3.63, 3.8) is 0 Å². The lowest BCUT2D eigenvalue weighted by Crippen LogP contribution is -2.26. The van der Waals surface area contributed by atoms with Gasteiger partial charge in [-0.25, -0.2) is 0 Å². The summed E-state index contributed by atoms with van der Waals surface area (Å²) in [6.07, 6.45) is 0. The maximum absolute atomic E-state index is 2.51. The maximum atomic E-state index is 2.51. The summed E-state index contributed by atoms with van der Waals surface area (Å²) in [5, 5.41) is 2.61. The van der Waals surface area contributed by atoms with Crippen molar-refractivity contribution in [1.29, 1.82) is 0 Å². The Morgan fingerprint density at radius 1 is 0.356 bits per heavy atom. The highest BCUT2D eigenvalue weighted by Crippen LogP contribution is 2.63. The average Bonchev–Trinajstić information content (AvgIpc) is 3.91. The normalized spacial score (nSPS) is 13.0. The van der Waals surface area contributed by atoms with Crippen LogP contribution in [0.1, 0.15) is 29.2 Å². The van der Waals surface area contributed by atoms with Crippen molar-refractivity contribution in [2.45, 2.75) is 18.9 Å². The van der Waals surface area contributed by atoms with Gasteiger partial charge in [-0.2, -0.15) is 0 Å². The van der Waals surface area contributed by atoms with E-state index in [0.717, 1.165) is 23.6 Å². The molecule has 0 N–H and O–H groups in total. The monoisotopic (exact) mass is 752 g/mol. The number of anilines is 3. The number of hydrogen-bond acceptors (Lipinski definition) is 1. The first-order chi connectivity index (χ1) is 29.2. The van der Waals surface area contributed by atoms with Gasteiger partial charge in [-0.15, -0.1) is 0 Å². The van der Waals surface area contributed by atoms with E-state index in [1.807, 2.05) is 0 Å². The van der Waals surface area contributed by atoms with Crippen LogP contribution in [0.2, 0.25) is 0 Å². The van der Waals surface area contributed by atoms with Gasteiger partial charge in [0, 0.05) is 45.4 Å². The van der Waals surface area contributed by atoms with Gasteiger partial charge in [0.1, 0.15) is 0 Å². The average molecular weight is 753 g/mol. The molecule has 12 rings (SSSR count). The highest BCUT2D eigenvalue weighted by Gasteiger charge is 2.52. The number of para-hydroxylation sites is 2. The van der Waals surface area contributed by atoms with Crippen LogP contribution in [-0.4, -0.2) is 4.57 Å². The summed E-state index contributed by atoms with van der Waals surface area (Å²) in [7, 11) is 0. The van der Waals surface area contributed by atoms with E-state index in [2.05, 4.69) is 229 Å². The summed E-state index contributed by atoms with van der Waals surface area (Å²) in [6, 6.07) is 78.9. The molecule has 1 aromatic heterocycles. The van der Waals surface area contributed by atoms with E-state index in [-0.39, 0.29) is 0 Å². The molecule has 0 atom stereocenters. The van der Waals surface area contributed by atoms with Crippen molar-refractivity contribution in [2.24, 2.45) is 0 Å². The molecular formula is C57H40N2. The Labute approximate surface area is 344 Å². The molecule has 59 heavy (non-hydrogen) atoms. The number of fused-ring (bicyclic) bond motifs is 13. The van der Waals surface area contributed by atoms with Crippen LogP contribution in [0.4, 0.5) is 17.1 Å². The first-order valence-corrected chi connectivity index (χ1v) is 20.7. The fraction of sp³-hybridized carbons (Fsp3) is 0.0526. The molecular weight excluding hydrogens is 713 g/mol. The van der Waals surface area contributed by atoms with Gasteiger partial charge in [0.05, 0.1) is 5.41 Å². The van der Waals surface area contributed by atoms with Gasteiger partial charge in [0.15, 0.2) is 0 Å². The fourth-order valence-electron chi connectivity index (χ4n) is 10.5. The molecule has 278 valence electrons. The Morgan fingerprint density at radius 2 is 0.847 bits per heavy atom. The molecule has 0 fully saturated rings. The predicted molar refractivity (Wildman–Crippen MR) is 247 cm³/mol. The second-order valence-electron chi connectivity index (χ2n) is 15.9. The van der Waals surface area contributed by atoms with E-state index in [1.54, 1.807) is 0 Å². The summed E-state index contributed by atoms with van der Waals surface area (Å²) < 4.78 is 2.43. The maximum Gasteiger partial charge on any atom is 0.0726 e. The van der Waals surface area contributed by atoms with Gasteiger partial charge in [0.2, 0.25) is 0 Å². The smallest absolute Gasteiger partial charge is 0.0726 e. The molecule has 1 heterocycles. The van der Waals surface area contributed by atoms with E-state index in [9.17, 15) is 0 Å². The standard InChI is InChI=1S/C57H40N2/c1-2-58-55-24-14-11-21-49(55)50-35-40(28-34-56(50)58)41-27-32-47-48-33-31-44(59(42-17-7-4-8-18-42)43-29-25-39(26-30-43)38-15-5-3-6-16-38)37-54(48)57(53(47)36-41)51-22-12-9-19-45(51)46-20-10-13-23-52(46)57/h3-37H,2H2,1H3. The summed E-state index contributed by atoms with van der Waals surface area (Å²) in [4.78, 5) is 2.41. The molecule has 0 amide bonds. The van der Waals surface area contributed by atoms with Gasteiger partial charge >= 0.3 is 0 Å². The first-order valence-electron chi connectivity index (χ1n) is 20.7. The Morgan fingerprint density at radius 3 is 1.58 bits per heavy atom. The lowest BCUT2D eigenvalue weighted by molar-refractivity contribution is 0.794. The predicted octanol–water partition coefficient (Wildman–Crippen LogP) is 15.0. The molecule has 0 unspecified atom stereocenters. The molecule has 10 aromatic rings. The molecule has 2 heteroatoms. The molecule has 0 saturated carbocycles. The second-order valence-corrected chi connectivity index (χ2v) is 15.9. The summed E-state index contributed by atoms with van der Waals surface area (Å²) in [5.41, 5.74) is 20.9. The van der Waals surface area contributed by atoms with Gasteiger partial charge in [-0.3, -0.25) is 0 Å². The molecule has 9 aromatic carbocycles. The largest absolute Gasteiger partial charge is 0.341 e. The van der Waals surface area contributed by atoms with Crippen LogP contribution in [0.5, 0.6) is 0 Å². The van der Waals surface area contributed by atoms with Gasteiger partial charge in [-0.1, -0.05) is 152 Å². The zero-order valence-corrected chi connectivity index (χ0v) is 32.8. The van der Waals surface area contributed by atoms with Crippen molar-refractivity contribution < 1.29 is 0 Å². The molecule has 2 nitrogen and oxygen atoms in total. The fourth-order valence-corrected chi connectivity index (χ4v) is 10.5. The molecule has 0 radical (unpaired) electrons. The molecule has 0 saturated heterocycles. The number of hydrogen-bond donors (Lipinski definition) is 0. The minimum atomic E-state index is -0.494. The Balaban J connectivity index is 1.08. The van der Waals surface area contributed by atoms with E-state index in [0.29, 0.717) is 0 Å². The van der Waals surface area contributed by atoms with Crippen molar-refractivity contribution in [3.8, 4) is 44.5 Å². The van der Waals surface area contributed by atoms with E-state index < -0.39 is 5.41 Å². The highest BCUT2D eigenvalue weighted by molar-refractivity contribution is 6.09. The molecule has 2 aliphatic rings. The van der Waals surface area contributed by atoms with Gasteiger partial charge in [0.25, 0.3) is 0 Å². The molecule has 0 aliphatic heterocycles. The van der Waals surface area contributed by atoms with E-state index in [4.69, 9.17) is 0 Å². The van der Waals surface area contributed by atoms with Gasteiger partial charge in [-0.05, 0) is 134 Å². The van der Waals surface area contributed by atoms with Crippen molar-refractivity contribution in [3.05, 3.63) is 235 Å². The first kappa shape index (κ1) is 33.7. The van der Waals surface area contributed by atoms with Crippen LogP contribution in [0.3, 0.4) is 0 Å². The third kappa shape index (κ3) is 4.87. The zero-order chi connectivity index (χ0) is 39.1. The zero-order valence-electron chi connectivity index (χ0n) is 32.8. The van der Waals surface area contributed by atoms with Crippen molar-refractivity contribution in [1.82, 2.24) is 4.57 Å². The minimum absolute atomic E-state index is 0.494. The van der Waals surface area contributed by atoms with Crippen LogP contribution >= 0.6 is 0 Å². The number of rotatable bonds is 6. The Kier molecular flexibility index (Phi) is 7.46. The summed E-state index contributed by atoms with van der Waals surface area (Å²) in [5.74, 6) is 0. The third-order valence-corrected chi connectivity index (χ3v) is 13.0. The Bertz CT molecular complexity index is 3200. The van der Waals surface area contributed by atoms with Crippen LogP contribution in [0.25, 0.3) is 66.3 Å². The molecule has 1 spiro atoms. The van der Waals surface area contributed by atoms with Crippen molar-refractivity contribution in [2.75, 3.05) is 4.90 Å². The van der Waals surface area contributed by atoms with Crippen LogP contribution < -0.4 is 4.90 Å². The van der Waals surface area contributed by atoms with Crippen molar-refractivity contribution >= 4 is 38.9 Å². The Hall–Kier alpha value is -7.42. The number of benzene rings is 9. The lowest BCUT2D eigenvalue weighted by Gasteiger charge is -2.32. The quantitative estimate of drug-likeness (QED) is 0.164. The topological polar surface area (TPSA) is 8.17 Å². The third-order valence-electron chi connectivity index (χ3n) is 13.0. The number of aromatic nitrogens is 1. The SMILES string of the molecule is CCn1c2ccccc2c2cc(-c3ccc4c(c3)C3(c5ccccc5-c5ccccc53)c3cc(N(c5ccccc5)c5ccc(-c6ccccc6)cc5)ccc3-4)ccc21. The molecule has 0 bridgehead atoms. The highest BCUT2D eigenvalue weighted by atomic mass is 15.1. The van der Waals surface area contributed by atoms with Crippen LogP contribution in [-0.2, 0) is 12.0 Å². The van der Waals surface area contributed by atoms with E-state index in [1.165, 1.54) is 88.6 Å². The lowest BCUT2D eigenvalue weighted by atomic mass is 9.70. The van der Waals surface area contributed by atoms with Gasteiger partial charge < -0.3 is 9.47 Å². The second kappa shape index (κ2) is 13.1. The summed E-state index contributed by atoms with van der Waals surface area (Å²) in [6.45, 7) is 3.17. The number of aryl methyl sites for hydroxylation is 1. The molecule has 2 aliphatic carbocycles. The van der Waals surface area contributed by atoms with Crippen LogP contribution in [0.15, 0.2) is 212 Å². The van der Waals surface area contributed by atoms with Crippen LogP contribution in [0, 0.1) is 0 Å². The minimum Gasteiger partial charge on any atom is -0.341 e. The van der Waals surface area contributed by atoms with E-state index >= 15 is 0 Å².